The van der Waals surface area contributed by atoms with Crippen LogP contribution in [0.4, 0.5) is 0 Å². The van der Waals surface area contributed by atoms with E-state index in [1.165, 1.54) is 12.2 Å². The molecule has 410 valence electrons. The molecule has 0 saturated heterocycles. The Hall–Kier alpha value is -7.91. The molecule has 5 heterocycles. The largest absolute Gasteiger partial charge is 0.458 e. The number of cyclic esters (lactones) is 1. The summed E-state index contributed by atoms with van der Waals surface area (Å²) in [5.74, 6) is -4.95. The highest BCUT2D eigenvalue weighted by Crippen LogP contribution is 2.48. The first kappa shape index (κ1) is 54.9. The summed E-state index contributed by atoms with van der Waals surface area (Å²) in [5, 5.41) is 25.2. The lowest BCUT2D eigenvalue weighted by atomic mass is 9.75. The molecule has 5 aliphatic rings. The second kappa shape index (κ2) is 23.4. The van der Waals surface area contributed by atoms with E-state index in [4.69, 9.17) is 14.5 Å². The molecule has 2 aromatic carbocycles. The number of esters is 1. The van der Waals surface area contributed by atoms with Crippen LogP contribution >= 0.6 is 0 Å². The summed E-state index contributed by atoms with van der Waals surface area (Å²) in [7, 11) is 0. The third-order valence-electron chi connectivity index (χ3n) is 15.6. The number of carbonyl (C=O) groups is 9. The van der Waals surface area contributed by atoms with Gasteiger partial charge in [0.1, 0.15) is 25.5 Å². The van der Waals surface area contributed by atoms with E-state index in [-0.39, 0.29) is 111 Å². The van der Waals surface area contributed by atoms with Gasteiger partial charge in [-0.3, -0.25) is 48.1 Å². The number of benzene rings is 2. The number of ether oxygens (including phenoxy) is 2. The molecule has 0 bridgehead atoms. The number of aryl methyl sites for hydroxylation is 2. The summed E-state index contributed by atoms with van der Waals surface area (Å²) in [6.45, 7) is 4.29. The summed E-state index contributed by atoms with van der Waals surface area (Å²) in [6, 6.07) is 11.5. The standard InChI is InChI=1S/C57H64N8O13/c1-4-57(76)39-24-42-52-37(28-65(42)55(74)38(39)29-77-56(57)75)50-35(16-17-36-32(3)31(2)21-40(63-52)51(36)50)23-43(66)53(34-14-15-34)78-30-61-46(69)26-60-54(73)41(22-33-11-7-5-8-12-33)62-47(70)27-59-45(68)25-58-44(67)13-9-6-10-20-64-48(71)18-19-49(64)72/h5,7-8,11-12,18-19,21,24,34-35,41,53,76H,4,6,9-10,13-17,20,22-23,25-30H2,1-3H3,(H,58,67)(H,59,68)(H,60,73)(H,61,69)(H,62,70)/t35-,41+,53?,57+/m1/s1. The molecular formula is C57H64N8O13. The Morgan fingerprint density at radius 1 is 0.833 bits per heavy atom. The van der Waals surface area contributed by atoms with Gasteiger partial charge < -0.3 is 45.7 Å². The fourth-order valence-corrected chi connectivity index (χ4v) is 11.0. The van der Waals surface area contributed by atoms with Crippen molar-refractivity contribution in [1.82, 2.24) is 41.0 Å². The first-order valence-corrected chi connectivity index (χ1v) is 26.7. The summed E-state index contributed by atoms with van der Waals surface area (Å²) in [4.78, 5) is 136. The Labute approximate surface area is 449 Å². The molecule has 1 fully saturated rings. The zero-order valence-electron chi connectivity index (χ0n) is 43.9. The van der Waals surface area contributed by atoms with Gasteiger partial charge in [-0.05, 0) is 111 Å². The average molecular weight is 1070 g/mol. The van der Waals surface area contributed by atoms with Crippen molar-refractivity contribution in [2.75, 3.05) is 32.9 Å². The molecule has 9 rings (SSSR count). The quantitative estimate of drug-likeness (QED) is 0.0224. The van der Waals surface area contributed by atoms with Crippen molar-refractivity contribution in [1.29, 1.82) is 0 Å². The number of amides is 7. The number of carbonyl (C=O) groups excluding carboxylic acids is 9. The van der Waals surface area contributed by atoms with Crippen LogP contribution in [0.5, 0.6) is 0 Å². The van der Waals surface area contributed by atoms with Crippen LogP contribution in [0.1, 0.15) is 115 Å². The Kier molecular flexibility index (Phi) is 16.4. The van der Waals surface area contributed by atoms with E-state index in [2.05, 4.69) is 33.5 Å². The van der Waals surface area contributed by atoms with Crippen molar-refractivity contribution in [3.8, 4) is 11.4 Å². The van der Waals surface area contributed by atoms with Crippen molar-refractivity contribution < 1.29 is 57.7 Å². The van der Waals surface area contributed by atoms with Gasteiger partial charge in [-0.2, -0.15) is 0 Å². The molecule has 6 N–H and O–H groups in total. The van der Waals surface area contributed by atoms with Crippen LogP contribution in [0, 0.1) is 19.8 Å². The predicted octanol–water partition coefficient (Wildman–Crippen LogP) is 2.12. The molecule has 1 unspecified atom stereocenters. The van der Waals surface area contributed by atoms with Crippen molar-refractivity contribution >= 4 is 64.0 Å². The van der Waals surface area contributed by atoms with E-state index < -0.39 is 60.4 Å². The third-order valence-corrected chi connectivity index (χ3v) is 15.6. The maximum atomic E-state index is 14.4. The zero-order chi connectivity index (χ0) is 55.4. The third kappa shape index (κ3) is 11.7. The van der Waals surface area contributed by atoms with Gasteiger partial charge in [0.05, 0.1) is 48.6 Å². The summed E-state index contributed by atoms with van der Waals surface area (Å²) in [6.07, 6.45) is 6.42. The highest BCUT2D eigenvalue weighted by molar-refractivity contribution is 6.12. The Bertz CT molecular complexity index is 3200. The van der Waals surface area contributed by atoms with E-state index in [0.29, 0.717) is 49.1 Å². The predicted molar refractivity (Wildman–Crippen MR) is 281 cm³/mol. The summed E-state index contributed by atoms with van der Waals surface area (Å²) < 4.78 is 13.0. The van der Waals surface area contributed by atoms with Gasteiger partial charge in [0.15, 0.2) is 11.4 Å². The molecular weight excluding hydrogens is 1000 g/mol. The molecule has 3 aliphatic heterocycles. The lowest BCUT2D eigenvalue weighted by Gasteiger charge is -2.31. The SMILES string of the molecule is CC[C@@]1(O)C(=O)OCc2c1cc1n(c2=O)Cc2c-1nc1cc(C)c(C)c3c1c2[C@@H](CC(=O)C(OCNC(=O)CNC(=O)[C@H](Cc1ccccc1)NC(=O)CNC(=O)CNC(=O)CCCCCN1C(=O)C=CC1=O)C1CC1)CC3. The first-order chi connectivity index (χ1) is 37.4. The van der Waals surface area contributed by atoms with Crippen molar-refractivity contribution in [2.24, 2.45) is 5.92 Å². The minimum absolute atomic E-state index is 0.0114. The average Bonchev–Trinajstić information content (AvgIpc) is 4.32. The second-order valence-electron chi connectivity index (χ2n) is 20.8. The highest BCUT2D eigenvalue weighted by Gasteiger charge is 2.46. The van der Waals surface area contributed by atoms with E-state index in [1.807, 2.05) is 13.0 Å². The number of ketones is 1. The van der Waals surface area contributed by atoms with Crippen LogP contribution in [-0.4, -0.2) is 118 Å². The second-order valence-corrected chi connectivity index (χ2v) is 20.8. The number of nitrogens with zero attached hydrogens (tertiary/aromatic N) is 3. The van der Waals surface area contributed by atoms with Gasteiger partial charge in [0.25, 0.3) is 17.4 Å². The number of pyridine rings is 2. The molecule has 4 aromatic rings. The monoisotopic (exact) mass is 1070 g/mol. The van der Waals surface area contributed by atoms with Crippen LogP contribution in [0.3, 0.4) is 0 Å². The van der Waals surface area contributed by atoms with E-state index in [1.54, 1.807) is 47.9 Å². The molecule has 4 atom stereocenters. The summed E-state index contributed by atoms with van der Waals surface area (Å²) >= 11 is 0. The van der Waals surface area contributed by atoms with Gasteiger partial charge in [-0.25, -0.2) is 9.78 Å². The number of unbranched alkanes of at least 4 members (excludes halogenated alkanes) is 2. The van der Waals surface area contributed by atoms with Crippen LogP contribution in [0.2, 0.25) is 0 Å². The Morgan fingerprint density at radius 3 is 2.27 bits per heavy atom. The van der Waals surface area contributed by atoms with Crippen molar-refractivity contribution in [3.63, 3.8) is 0 Å². The molecule has 0 radical (unpaired) electrons. The number of imide groups is 1. The molecule has 2 aliphatic carbocycles. The molecule has 2 aromatic heterocycles. The molecule has 78 heavy (non-hydrogen) atoms. The van der Waals surface area contributed by atoms with Crippen LogP contribution in [0.15, 0.2) is 59.4 Å². The maximum absolute atomic E-state index is 14.4. The number of rotatable bonds is 24. The van der Waals surface area contributed by atoms with Crippen molar-refractivity contribution in [2.45, 2.75) is 128 Å². The van der Waals surface area contributed by atoms with Crippen LogP contribution in [-0.2, 0) is 84.2 Å². The van der Waals surface area contributed by atoms with Crippen molar-refractivity contribution in [3.05, 3.63) is 109 Å². The summed E-state index contributed by atoms with van der Waals surface area (Å²) in [5.41, 5.74) is 5.72. The fraction of sp³-hybridized carbons (Fsp3) is 0.456. The Morgan fingerprint density at radius 2 is 1.54 bits per heavy atom. The Balaban J connectivity index is 0.777. The lowest BCUT2D eigenvalue weighted by Crippen LogP contribution is -2.52. The number of hydrogen-bond donors (Lipinski definition) is 6. The molecule has 21 heteroatoms. The van der Waals surface area contributed by atoms with Gasteiger partial charge >= 0.3 is 5.97 Å². The number of hydrogen-bond acceptors (Lipinski definition) is 14. The van der Waals surface area contributed by atoms with E-state index in [9.17, 15) is 53.1 Å². The van der Waals surface area contributed by atoms with Gasteiger partial charge in [0.2, 0.25) is 29.5 Å². The van der Waals surface area contributed by atoms with Crippen LogP contribution in [0.25, 0.3) is 22.3 Å². The van der Waals surface area contributed by atoms with Crippen LogP contribution < -0.4 is 32.1 Å². The minimum atomic E-state index is -1.98. The highest BCUT2D eigenvalue weighted by atomic mass is 16.6. The number of fused-ring (bicyclic) bond motifs is 5. The lowest BCUT2D eigenvalue weighted by molar-refractivity contribution is -0.172. The normalized spacial score (nSPS) is 18.6. The number of nitrogens with one attached hydrogen (secondary N) is 5. The topological polar surface area (TPSA) is 291 Å². The smallest absolute Gasteiger partial charge is 0.343 e. The number of aromatic nitrogens is 2. The zero-order valence-corrected chi connectivity index (χ0v) is 43.9. The molecule has 7 amide bonds. The molecule has 21 nitrogen and oxygen atoms in total. The van der Waals surface area contributed by atoms with E-state index in [0.717, 1.165) is 56.5 Å². The van der Waals surface area contributed by atoms with Gasteiger partial charge in [0, 0.05) is 54.5 Å². The van der Waals surface area contributed by atoms with Gasteiger partial charge in [-0.15, -0.1) is 0 Å². The molecule has 0 spiro atoms. The van der Waals surface area contributed by atoms with Gasteiger partial charge in [-0.1, -0.05) is 43.7 Å². The number of aliphatic hydroxyl groups is 1. The maximum Gasteiger partial charge on any atom is 0.343 e. The first-order valence-electron chi connectivity index (χ1n) is 26.7. The minimum Gasteiger partial charge on any atom is -0.458 e. The van der Waals surface area contributed by atoms with E-state index >= 15 is 0 Å². The molecule has 1 saturated carbocycles. The number of Topliss-reactive ketones (excluding diaryl/α,β-unsaturated/α-hetero) is 1. The fourth-order valence-electron chi connectivity index (χ4n) is 11.0.